The molecule has 1 heteroatoms. The summed E-state index contributed by atoms with van der Waals surface area (Å²) in [4.78, 5) is 0. The molecule has 0 atom stereocenters. The third-order valence-electron chi connectivity index (χ3n) is 3.46. The van der Waals surface area contributed by atoms with Crippen molar-refractivity contribution < 1.29 is 26.2 Å². The minimum absolute atomic E-state index is 0. The summed E-state index contributed by atoms with van der Waals surface area (Å²) >= 11 is 0. The van der Waals surface area contributed by atoms with Crippen molar-refractivity contribution in [3.8, 4) is 11.8 Å². The Bertz CT molecular complexity index is 485. The molecule has 2 aliphatic rings. The van der Waals surface area contributed by atoms with E-state index in [1.165, 1.54) is 18.4 Å². The summed E-state index contributed by atoms with van der Waals surface area (Å²) in [5, 5.41) is 0. The van der Waals surface area contributed by atoms with Gasteiger partial charge in [-0.15, -0.1) is 0 Å². The first-order valence-electron chi connectivity index (χ1n) is 9.16. The number of hydrogen-bond donors (Lipinski definition) is 0. The van der Waals surface area contributed by atoms with E-state index in [1.807, 2.05) is 94.5 Å². The third kappa shape index (κ3) is 16.1. The normalized spacial score (nSPS) is 15.3. The fourth-order valence-corrected chi connectivity index (χ4v) is 1.99. The van der Waals surface area contributed by atoms with Crippen LogP contribution < -0.4 is 0 Å². The molecule has 0 N–H and O–H groups in total. The Morgan fingerprint density at radius 1 is 0.852 bits per heavy atom. The Labute approximate surface area is 188 Å². The maximum atomic E-state index is 3.90. The van der Waals surface area contributed by atoms with Gasteiger partial charge in [-0.25, -0.2) is 0 Å². The predicted octanol–water partition coefficient (Wildman–Crippen LogP) is 6.22. The van der Waals surface area contributed by atoms with Crippen LogP contribution in [0.1, 0.15) is 38.2 Å². The number of benzene rings is 1. The molecule has 1 aromatic rings. The van der Waals surface area contributed by atoms with Crippen molar-refractivity contribution in [3.63, 3.8) is 0 Å². The van der Waals surface area contributed by atoms with Crippen LogP contribution in [0.5, 0.6) is 0 Å². The fraction of sp³-hybridized carbons (Fsp3) is 0.192. The maximum absolute atomic E-state index is 3.90. The molecule has 1 aromatic carbocycles. The van der Waals surface area contributed by atoms with E-state index in [0.717, 1.165) is 18.4 Å². The van der Waals surface area contributed by atoms with Crippen molar-refractivity contribution in [2.45, 2.75) is 32.6 Å². The van der Waals surface area contributed by atoms with Crippen molar-refractivity contribution in [1.29, 1.82) is 0 Å². The monoisotopic (exact) mass is 430 g/mol. The molecule has 2 fully saturated rings. The second-order valence-electron chi connectivity index (χ2n) is 5.62. The van der Waals surface area contributed by atoms with Gasteiger partial charge in [-0.2, -0.15) is 18.1 Å². The van der Waals surface area contributed by atoms with Crippen LogP contribution in [0.15, 0.2) is 35.9 Å². The average Bonchev–Trinajstić information content (AvgIpc) is 3.44. The van der Waals surface area contributed by atoms with Gasteiger partial charge >= 0.3 is 26.2 Å². The van der Waals surface area contributed by atoms with Crippen LogP contribution in [0, 0.1) is 89.0 Å². The molecule has 0 spiro atoms. The summed E-state index contributed by atoms with van der Waals surface area (Å²) in [6.45, 7) is 6.09. The molecule has 0 amide bonds. The Hall–Kier alpha value is -0.597. The standard InChI is InChI=1S/C16H18.2C5H5.Zr/c1-3-5-10-15(4-2)13-9-14-16-11-7-6-8-12-16;2*1-2-4-5-3-1;/h6-8,11-12H,2-5,10H2,1H3;2*1-5H;/q-2;;;+4. The van der Waals surface area contributed by atoms with Crippen molar-refractivity contribution in [1.82, 2.24) is 0 Å². The smallest absolute Gasteiger partial charge is 0.341 e. The molecule has 0 saturated heterocycles. The summed E-state index contributed by atoms with van der Waals surface area (Å²) in [5.74, 6) is 6.06. The topological polar surface area (TPSA) is 0 Å². The molecule has 0 aromatic heterocycles. The fourth-order valence-electron chi connectivity index (χ4n) is 1.99. The van der Waals surface area contributed by atoms with Gasteiger partial charge in [0.15, 0.2) is 0 Å². The molecule has 2 aliphatic carbocycles. The first-order valence-corrected chi connectivity index (χ1v) is 9.16. The molecule has 0 heterocycles. The molecular formula is C26H28Zr+2. The zero-order valence-corrected chi connectivity index (χ0v) is 18.7. The number of rotatable bonds is 4. The summed E-state index contributed by atoms with van der Waals surface area (Å²) in [6, 6.07) is 9.99. The molecule has 0 unspecified atom stereocenters. The number of hydrogen-bond acceptors (Lipinski definition) is 0. The summed E-state index contributed by atoms with van der Waals surface area (Å²) < 4.78 is 0. The Balaban J connectivity index is 0.000000496. The van der Waals surface area contributed by atoms with E-state index in [2.05, 4.69) is 31.8 Å². The van der Waals surface area contributed by atoms with Gasteiger partial charge in [-0.05, 0) is 64.2 Å². The molecule has 10 radical (unpaired) electrons. The van der Waals surface area contributed by atoms with Gasteiger partial charge in [0, 0.05) is 0 Å². The van der Waals surface area contributed by atoms with Crippen LogP contribution >= 0.6 is 0 Å². The van der Waals surface area contributed by atoms with E-state index in [-0.39, 0.29) is 26.2 Å². The first-order chi connectivity index (χ1) is 12.9. The van der Waals surface area contributed by atoms with Gasteiger partial charge in [-0.1, -0.05) is 62.1 Å². The van der Waals surface area contributed by atoms with Crippen LogP contribution in [0.4, 0.5) is 0 Å². The number of unbranched alkanes of at least 4 members (excludes halogenated alkanes) is 1. The van der Waals surface area contributed by atoms with Crippen LogP contribution in [0.3, 0.4) is 0 Å². The van der Waals surface area contributed by atoms with Crippen molar-refractivity contribution in [3.05, 3.63) is 119 Å². The quantitative estimate of drug-likeness (QED) is 0.392. The second-order valence-corrected chi connectivity index (χ2v) is 5.62. The molecule has 0 nitrogen and oxygen atoms in total. The number of allylic oxidation sites excluding steroid dienone is 2. The van der Waals surface area contributed by atoms with E-state index in [1.54, 1.807) is 0 Å². The minimum Gasteiger partial charge on any atom is -0.341 e. The maximum Gasteiger partial charge on any atom is 4.00 e. The van der Waals surface area contributed by atoms with E-state index in [4.69, 9.17) is 0 Å². The molecule has 0 aliphatic heterocycles. The van der Waals surface area contributed by atoms with Crippen LogP contribution in [0.2, 0.25) is 0 Å². The average molecular weight is 432 g/mol. The van der Waals surface area contributed by atoms with E-state index < -0.39 is 0 Å². The van der Waals surface area contributed by atoms with Gasteiger partial charge in [0.25, 0.3) is 0 Å². The van der Waals surface area contributed by atoms with E-state index >= 15 is 0 Å². The Morgan fingerprint density at radius 2 is 1.33 bits per heavy atom. The van der Waals surface area contributed by atoms with Crippen LogP contribution in [0.25, 0.3) is 0 Å². The van der Waals surface area contributed by atoms with E-state index in [9.17, 15) is 0 Å². The predicted molar refractivity (Wildman–Crippen MR) is 113 cm³/mol. The Kier molecular flexibility index (Phi) is 19.7. The van der Waals surface area contributed by atoms with Crippen molar-refractivity contribution in [2.24, 2.45) is 0 Å². The van der Waals surface area contributed by atoms with Crippen molar-refractivity contribution in [2.75, 3.05) is 0 Å². The molecule has 0 bridgehead atoms. The Morgan fingerprint density at radius 3 is 1.74 bits per heavy atom. The third-order valence-corrected chi connectivity index (χ3v) is 3.46. The van der Waals surface area contributed by atoms with Gasteiger partial charge in [-0.3, -0.25) is 11.8 Å². The zero-order chi connectivity index (χ0) is 18.7. The van der Waals surface area contributed by atoms with Crippen molar-refractivity contribution >= 4 is 0 Å². The molecule has 2 saturated carbocycles. The summed E-state index contributed by atoms with van der Waals surface area (Å²) in [5.41, 5.74) is 2.26. The van der Waals surface area contributed by atoms with Gasteiger partial charge in [0.1, 0.15) is 0 Å². The summed E-state index contributed by atoms with van der Waals surface area (Å²) in [6.07, 6.45) is 27.4. The SMILES string of the molecule is [CH2-]CC(=[C-]C#Cc1ccccc1)CCCC.[CH]1[CH][CH][CH][CH]1.[CH]1[CH][CH][CH][CH]1.[Zr+4]. The summed E-state index contributed by atoms with van der Waals surface area (Å²) in [7, 11) is 0. The van der Waals surface area contributed by atoms with Gasteiger partial charge in [0.05, 0.1) is 0 Å². The van der Waals surface area contributed by atoms with E-state index in [0.29, 0.717) is 0 Å². The first kappa shape index (κ1) is 26.4. The largest absolute Gasteiger partial charge is 4.00 e. The minimum atomic E-state index is 0. The molecule has 134 valence electrons. The van der Waals surface area contributed by atoms with Gasteiger partial charge in [0.2, 0.25) is 0 Å². The zero-order valence-electron chi connectivity index (χ0n) is 16.2. The van der Waals surface area contributed by atoms with Crippen LogP contribution in [-0.4, -0.2) is 0 Å². The van der Waals surface area contributed by atoms with Gasteiger partial charge < -0.3 is 6.92 Å². The molecular weight excluding hydrogens is 404 g/mol. The molecule has 3 rings (SSSR count). The second kappa shape index (κ2) is 20.1. The van der Waals surface area contributed by atoms with Crippen LogP contribution in [-0.2, 0) is 26.2 Å². The molecule has 27 heavy (non-hydrogen) atoms.